The molecule has 2 N–H and O–H groups in total. The number of rotatable bonds is 8. The van der Waals surface area contributed by atoms with Gasteiger partial charge in [-0.15, -0.1) is 11.3 Å². The lowest BCUT2D eigenvalue weighted by Crippen LogP contribution is -2.42. The number of thiazole rings is 1. The lowest BCUT2D eigenvalue weighted by molar-refractivity contribution is -0.120. The van der Waals surface area contributed by atoms with Crippen LogP contribution in [0.5, 0.6) is 0 Å². The summed E-state index contributed by atoms with van der Waals surface area (Å²) in [6.07, 6.45) is 1.62. The summed E-state index contributed by atoms with van der Waals surface area (Å²) in [7, 11) is 0. The summed E-state index contributed by atoms with van der Waals surface area (Å²) in [6, 6.07) is 12.5. The molecule has 192 valence electrons. The molecule has 1 saturated heterocycles. The summed E-state index contributed by atoms with van der Waals surface area (Å²) in [4.78, 5) is 46.3. The molecule has 3 aromatic rings. The van der Waals surface area contributed by atoms with E-state index in [0.29, 0.717) is 29.3 Å². The Kier molecular flexibility index (Phi) is 7.59. The van der Waals surface area contributed by atoms with Gasteiger partial charge in [-0.1, -0.05) is 24.3 Å². The third-order valence-electron chi connectivity index (χ3n) is 6.75. The molecule has 0 aliphatic carbocycles. The molecule has 2 aliphatic rings. The SMILES string of the molecule is C[C@H](C(=O)Nc1nccs1)N1Cc2ccc(-c3ccc(C(=O)NCCN4CCOCC4)cc3)cc2C1=O. The third kappa shape index (κ3) is 5.71. The highest BCUT2D eigenvalue weighted by Crippen LogP contribution is 2.30. The molecule has 9 nitrogen and oxygen atoms in total. The fourth-order valence-corrected chi connectivity index (χ4v) is 5.05. The van der Waals surface area contributed by atoms with Crippen molar-refractivity contribution in [2.75, 3.05) is 44.7 Å². The maximum atomic E-state index is 13.2. The van der Waals surface area contributed by atoms with Gasteiger partial charge in [0.1, 0.15) is 6.04 Å². The summed E-state index contributed by atoms with van der Waals surface area (Å²) in [5.41, 5.74) is 3.87. The Labute approximate surface area is 219 Å². The molecule has 0 radical (unpaired) electrons. The number of ether oxygens (including phenoxy) is 1. The molecule has 5 rings (SSSR count). The second kappa shape index (κ2) is 11.2. The molecule has 3 heterocycles. The van der Waals surface area contributed by atoms with Gasteiger partial charge in [0.25, 0.3) is 11.8 Å². The number of amides is 3. The fraction of sp³-hybridized carbons (Fsp3) is 0.333. The normalized spacial score (nSPS) is 16.4. The fourth-order valence-electron chi connectivity index (χ4n) is 4.52. The molecule has 1 aromatic heterocycles. The average molecular weight is 520 g/mol. The number of nitrogens with zero attached hydrogens (tertiary/aromatic N) is 3. The van der Waals surface area contributed by atoms with E-state index in [1.165, 1.54) is 11.3 Å². The molecular weight excluding hydrogens is 490 g/mol. The molecule has 3 amide bonds. The highest BCUT2D eigenvalue weighted by atomic mass is 32.1. The first-order valence-corrected chi connectivity index (χ1v) is 13.2. The van der Waals surface area contributed by atoms with Crippen LogP contribution in [0.2, 0.25) is 0 Å². The van der Waals surface area contributed by atoms with Crippen molar-refractivity contribution in [1.82, 2.24) is 20.1 Å². The van der Waals surface area contributed by atoms with E-state index < -0.39 is 6.04 Å². The average Bonchev–Trinajstić information content (AvgIpc) is 3.56. The van der Waals surface area contributed by atoms with Crippen LogP contribution in [0, 0.1) is 0 Å². The highest BCUT2D eigenvalue weighted by Gasteiger charge is 2.34. The summed E-state index contributed by atoms with van der Waals surface area (Å²) in [5.74, 6) is -0.547. The standard InChI is InChI=1S/C27H29N5O4S/c1-18(24(33)30-27-29-9-15-37-27)32-17-22-7-6-21(16-23(22)26(32)35)19-2-4-20(5-3-19)25(34)28-8-10-31-11-13-36-14-12-31/h2-7,9,15-16,18H,8,10-14,17H2,1H3,(H,28,34)(H,29,30,33)/t18-/m1/s1. The summed E-state index contributed by atoms with van der Waals surface area (Å²) in [5, 5.41) is 8.03. The number of benzene rings is 2. The van der Waals surface area contributed by atoms with Crippen LogP contribution in [0.25, 0.3) is 11.1 Å². The van der Waals surface area contributed by atoms with E-state index in [9.17, 15) is 14.4 Å². The Balaban J connectivity index is 1.20. The lowest BCUT2D eigenvalue weighted by atomic mass is 9.99. The van der Waals surface area contributed by atoms with Crippen LogP contribution in [0.3, 0.4) is 0 Å². The van der Waals surface area contributed by atoms with Crippen LogP contribution < -0.4 is 10.6 Å². The quantitative estimate of drug-likeness (QED) is 0.474. The number of hydrogen-bond acceptors (Lipinski definition) is 7. The first-order chi connectivity index (χ1) is 18.0. The van der Waals surface area contributed by atoms with Crippen LogP contribution in [-0.2, 0) is 16.1 Å². The van der Waals surface area contributed by atoms with Crippen molar-refractivity contribution in [1.29, 1.82) is 0 Å². The van der Waals surface area contributed by atoms with Crippen molar-refractivity contribution in [3.63, 3.8) is 0 Å². The molecule has 10 heteroatoms. The Morgan fingerprint density at radius 1 is 1.11 bits per heavy atom. The van der Waals surface area contributed by atoms with Gasteiger partial charge in [-0.2, -0.15) is 0 Å². The first kappa shape index (κ1) is 25.1. The van der Waals surface area contributed by atoms with E-state index in [2.05, 4.69) is 20.5 Å². The molecule has 2 aromatic carbocycles. The summed E-state index contributed by atoms with van der Waals surface area (Å²) >= 11 is 1.33. The van der Waals surface area contributed by atoms with E-state index in [4.69, 9.17) is 4.74 Å². The van der Waals surface area contributed by atoms with Crippen LogP contribution in [0.15, 0.2) is 54.0 Å². The predicted molar refractivity (Wildman–Crippen MR) is 142 cm³/mol. The van der Waals surface area contributed by atoms with Gasteiger partial charge < -0.3 is 20.3 Å². The van der Waals surface area contributed by atoms with Gasteiger partial charge in [0, 0.05) is 55.4 Å². The third-order valence-corrected chi connectivity index (χ3v) is 7.44. The van der Waals surface area contributed by atoms with E-state index >= 15 is 0 Å². The maximum Gasteiger partial charge on any atom is 0.255 e. The molecule has 37 heavy (non-hydrogen) atoms. The van der Waals surface area contributed by atoms with Gasteiger partial charge in [0.15, 0.2) is 5.13 Å². The smallest absolute Gasteiger partial charge is 0.255 e. The van der Waals surface area contributed by atoms with E-state index in [-0.39, 0.29) is 17.7 Å². The molecule has 2 aliphatic heterocycles. The monoisotopic (exact) mass is 519 g/mol. The number of anilines is 1. The van der Waals surface area contributed by atoms with Crippen molar-refractivity contribution >= 4 is 34.2 Å². The first-order valence-electron chi connectivity index (χ1n) is 12.3. The van der Waals surface area contributed by atoms with Gasteiger partial charge >= 0.3 is 0 Å². The second-order valence-corrected chi connectivity index (χ2v) is 9.99. The summed E-state index contributed by atoms with van der Waals surface area (Å²) in [6.45, 7) is 6.76. The number of morpholine rings is 1. The summed E-state index contributed by atoms with van der Waals surface area (Å²) < 4.78 is 5.35. The lowest BCUT2D eigenvalue weighted by Gasteiger charge is -2.26. The number of nitrogens with one attached hydrogen (secondary N) is 2. The zero-order valence-corrected chi connectivity index (χ0v) is 21.4. The number of fused-ring (bicyclic) bond motifs is 1. The topological polar surface area (TPSA) is 104 Å². The van der Waals surface area contributed by atoms with E-state index in [1.54, 1.807) is 35.5 Å². The Morgan fingerprint density at radius 2 is 1.86 bits per heavy atom. The van der Waals surface area contributed by atoms with Crippen LogP contribution in [0.1, 0.15) is 33.2 Å². The van der Waals surface area contributed by atoms with Crippen LogP contribution in [0.4, 0.5) is 5.13 Å². The van der Waals surface area contributed by atoms with Crippen LogP contribution in [-0.4, -0.2) is 77.9 Å². The zero-order valence-electron chi connectivity index (χ0n) is 20.6. The van der Waals surface area contributed by atoms with Gasteiger partial charge in [0.2, 0.25) is 5.91 Å². The Bertz CT molecular complexity index is 1270. The minimum Gasteiger partial charge on any atom is -0.379 e. The van der Waals surface area contributed by atoms with E-state index in [1.807, 2.05) is 30.3 Å². The minimum absolute atomic E-state index is 0.107. The number of aromatic nitrogens is 1. The van der Waals surface area contributed by atoms with Crippen molar-refractivity contribution in [2.45, 2.75) is 19.5 Å². The molecule has 1 fully saturated rings. The van der Waals surface area contributed by atoms with Crippen molar-refractivity contribution in [2.24, 2.45) is 0 Å². The minimum atomic E-state index is -0.631. The molecule has 0 unspecified atom stereocenters. The van der Waals surface area contributed by atoms with Gasteiger partial charge in [-0.3, -0.25) is 19.3 Å². The highest BCUT2D eigenvalue weighted by molar-refractivity contribution is 7.13. The van der Waals surface area contributed by atoms with Crippen LogP contribution >= 0.6 is 11.3 Å². The maximum absolute atomic E-state index is 13.2. The zero-order chi connectivity index (χ0) is 25.8. The number of hydrogen-bond donors (Lipinski definition) is 2. The second-order valence-electron chi connectivity index (χ2n) is 9.09. The number of carbonyl (C=O) groups excluding carboxylic acids is 3. The van der Waals surface area contributed by atoms with E-state index in [0.717, 1.165) is 49.5 Å². The van der Waals surface area contributed by atoms with Gasteiger partial charge in [-0.05, 0) is 41.8 Å². The molecular formula is C27H29N5O4S. The van der Waals surface area contributed by atoms with Crippen molar-refractivity contribution in [3.05, 3.63) is 70.7 Å². The largest absolute Gasteiger partial charge is 0.379 e. The van der Waals surface area contributed by atoms with Crippen molar-refractivity contribution in [3.8, 4) is 11.1 Å². The van der Waals surface area contributed by atoms with Gasteiger partial charge in [-0.25, -0.2) is 4.98 Å². The van der Waals surface area contributed by atoms with Crippen molar-refractivity contribution < 1.29 is 19.1 Å². The number of carbonyl (C=O) groups is 3. The molecule has 1 atom stereocenters. The molecule has 0 spiro atoms. The Morgan fingerprint density at radius 3 is 2.59 bits per heavy atom. The predicted octanol–water partition coefficient (Wildman–Crippen LogP) is 2.86. The Hall–Kier alpha value is -3.60. The van der Waals surface area contributed by atoms with Gasteiger partial charge in [0.05, 0.1) is 13.2 Å². The molecule has 0 saturated carbocycles. The molecule has 0 bridgehead atoms.